The SMILES string of the molecule is CCC(N)C(Oc1ccc(C#N)cc1)c1ccc(C)s1. The van der Waals surface area contributed by atoms with E-state index in [1.54, 1.807) is 23.5 Å². The second-order valence-corrected chi connectivity index (χ2v) is 6.01. The van der Waals surface area contributed by atoms with Crippen LogP contribution in [0.25, 0.3) is 0 Å². The Hall–Kier alpha value is -1.83. The molecule has 1 aromatic carbocycles. The van der Waals surface area contributed by atoms with Gasteiger partial charge in [-0.05, 0) is 49.7 Å². The van der Waals surface area contributed by atoms with Crippen LogP contribution in [0, 0.1) is 18.3 Å². The molecule has 0 spiro atoms. The van der Waals surface area contributed by atoms with Gasteiger partial charge in [0.05, 0.1) is 11.6 Å². The topological polar surface area (TPSA) is 59.0 Å². The van der Waals surface area contributed by atoms with Crippen LogP contribution in [-0.4, -0.2) is 6.04 Å². The second kappa shape index (κ2) is 6.56. The minimum atomic E-state index is -0.147. The number of hydrogen-bond acceptors (Lipinski definition) is 4. The maximum atomic E-state index is 8.81. The van der Waals surface area contributed by atoms with E-state index < -0.39 is 0 Å². The van der Waals surface area contributed by atoms with Crippen molar-refractivity contribution in [2.24, 2.45) is 5.73 Å². The number of aryl methyl sites for hydroxylation is 1. The van der Waals surface area contributed by atoms with Gasteiger partial charge >= 0.3 is 0 Å². The summed E-state index contributed by atoms with van der Waals surface area (Å²) in [7, 11) is 0. The average molecular weight is 286 g/mol. The molecule has 104 valence electrons. The lowest BCUT2D eigenvalue weighted by molar-refractivity contribution is 0.174. The van der Waals surface area contributed by atoms with Crippen molar-refractivity contribution in [3.8, 4) is 11.8 Å². The summed E-state index contributed by atoms with van der Waals surface area (Å²) in [4.78, 5) is 2.39. The zero-order chi connectivity index (χ0) is 14.5. The Labute approximate surface area is 123 Å². The van der Waals surface area contributed by atoms with Crippen LogP contribution < -0.4 is 10.5 Å². The largest absolute Gasteiger partial charge is 0.483 e. The molecular formula is C16H18N2OS. The zero-order valence-electron chi connectivity index (χ0n) is 11.7. The predicted octanol–water partition coefficient (Wildman–Crippen LogP) is 3.79. The molecule has 0 amide bonds. The third kappa shape index (κ3) is 3.38. The molecule has 2 aromatic rings. The highest BCUT2D eigenvalue weighted by atomic mass is 32.1. The van der Waals surface area contributed by atoms with Crippen molar-refractivity contribution in [1.29, 1.82) is 5.26 Å². The van der Waals surface area contributed by atoms with E-state index in [2.05, 4.69) is 32.0 Å². The highest BCUT2D eigenvalue weighted by Gasteiger charge is 2.22. The molecule has 1 aromatic heterocycles. The molecule has 4 heteroatoms. The fourth-order valence-electron chi connectivity index (χ4n) is 1.93. The number of hydrogen-bond donors (Lipinski definition) is 1. The standard InChI is InChI=1S/C16H18N2OS/c1-3-14(18)16(15-9-4-11(2)20-15)19-13-7-5-12(10-17)6-8-13/h4-9,14,16H,3,18H2,1-2H3. The smallest absolute Gasteiger partial charge is 0.148 e. The molecule has 0 aliphatic carbocycles. The van der Waals surface area contributed by atoms with Gasteiger partial charge < -0.3 is 10.5 Å². The van der Waals surface area contributed by atoms with Crippen molar-refractivity contribution in [3.63, 3.8) is 0 Å². The summed E-state index contributed by atoms with van der Waals surface area (Å²) in [6, 6.07) is 13.3. The van der Waals surface area contributed by atoms with Gasteiger partial charge in [0.25, 0.3) is 0 Å². The van der Waals surface area contributed by atoms with Gasteiger partial charge in [-0.25, -0.2) is 0 Å². The van der Waals surface area contributed by atoms with Gasteiger partial charge in [-0.2, -0.15) is 5.26 Å². The Kier molecular flexibility index (Phi) is 4.78. The van der Waals surface area contributed by atoms with E-state index in [1.165, 1.54) is 4.88 Å². The number of rotatable bonds is 5. The molecule has 2 rings (SSSR count). The van der Waals surface area contributed by atoms with E-state index in [0.717, 1.165) is 17.0 Å². The summed E-state index contributed by atoms with van der Waals surface area (Å²) in [5.74, 6) is 0.740. The monoisotopic (exact) mass is 286 g/mol. The first-order valence-corrected chi connectivity index (χ1v) is 7.44. The fourth-order valence-corrected chi connectivity index (χ4v) is 2.91. The van der Waals surface area contributed by atoms with Crippen molar-refractivity contribution in [3.05, 3.63) is 51.7 Å². The van der Waals surface area contributed by atoms with Crippen molar-refractivity contribution >= 4 is 11.3 Å². The second-order valence-electron chi connectivity index (χ2n) is 4.70. The van der Waals surface area contributed by atoms with Crippen molar-refractivity contribution in [2.45, 2.75) is 32.4 Å². The first kappa shape index (κ1) is 14.6. The molecule has 0 fully saturated rings. The summed E-state index contributed by atoms with van der Waals surface area (Å²) in [6.45, 7) is 4.13. The van der Waals surface area contributed by atoms with Crippen LogP contribution in [0.15, 0.2) is 36.4 Å². The van der Waals surface area contributed by atoms with Gasteiger partial charge in [-0.3, -0.25) is 0 Å². The lowest BCUT2D eigenvalue weighted by Crippen LogP contribution is -2.30. The van der Waals surface area contributed by atoms with Gasteiger partial charge in [0.2, 0.25) is 0 Å². The number of benzene rings is 1. The fraction of sp³-hybridized carbons (Fsp3) is 0.312. The molecule has 20 heavy (non-hydrogen) atoms. The third-order valence-corrected chi connectivity index (χ3v) is 4.21. The number of nitriles is 1. The van der Waals surface area contributed by atoms with Crippen LogP contribution in [0.3, 0.4) is 0 Å². The Morgan fingerprint density at radius 1 is 1.25 bits per heavy atom. The summed E-state index contributed by atoms with van der Waals surface area (Å²) >= 11 is 1.71. The molecule has 2 unspecified atom stereocenters. The highest BCUT2D eigenvalue weighted by Crippen LogP contribution is 2.30. The molecule has 0 saturated heterocycles. The average Bonchev–Trinajstić information content (AvgIpc) is 2.91. The van der Waals surface area contributed by atoms with Crippen molar-refractivity contribution in [1.82, 2.24) is 0 Å². The lowest BCUT2D eigenvalue weighted by atomic mass is 10.1. The summed E-state index contributed by atoms with van der Waals surface area (Å²) in [6.07, 6.45) is 0.698. The molecule has 0 bridgehead atoms. The Morgan fingerprint density at radius 2 is 1.95 bits per heavy atom. The number of thiophene rings is 1. The molecule has 0 radical (unpaired) electrons. The molecule has 2 N–H and O–H groups in total. The first-order chi connectivity index (χ1) is 9.63. The van der Waals surface area contributed by atoms with E-state index in [4.69, 9.17) is 15.7 Å². The summed E-state index contributed by atoms with van der Waals surface area (Å²) in [5, 5.41) is 8.81. The maximum Gasteiger partial charge on any atom is 0.148 e. The van der Waals surface area contributed by atoms with Crippen LogP contribution >= 0.6 is 11.3 Å². The number of ether oxygens (including phenoxy) is 1. The van der Waals surface area contributed by atoms with Crippen molar-refractivity contribution in [2.75, 3.05) is 0 Å². The predicted molar refractivity (Wildman–Crippen MR) is 81.8 cm³/mol. The molecular weight excluding hydrogens is 268 g/mol. The third-order valence-electron chi connectivity index (χ3n) is 3.15. The van der Waals surface area contributed by atoms with Gasteiger partial charge in [0.1, 0.15) is 11.9 Å². The summed E-state index contributed by atoms with van der Waals surface area (Å²) in [5.41, 5.74) is 6.82. The highest BCUT2D eigenvalue weighted by molar-refractivity contribution is 7.12. The molecule has 2 atom stereocenters. The Bertz CT molecular complexity index is 598. The Balaban J connectivity index is 2.21. The zero-order valence-corrected chi connectivity index (χ0v) is 12.5. The number of nitrogens with two attached hydrogens (primary N) is 1. The normalized spacial score (nSPS) is 13.5. The van der Waals surface area contributed by atoms with E-state index in [-0.39, 0.29) is 12.1 Å². The van der Waals surface area contributed by atoms with Crippen molar-refractivity contribution < 1.29 is 4.74 Å². The summed E-state index contributed by atoms with van der Waals surface area (Å²) < 4.78 is 6.04. The van der Waals surface area contributed by atoms with Crippen LogP contribution in [0.5, 0.6) is 5.75 Å². The van der Waals surface area contributed by atoms with E-state index in [1.807, 2.05) is 12.1 Å². The van der Waals surface area contributed by atoms with Gasteiger partial charge in [0, 0.05) is 15.8 Å². The quantitative estimate of drug-likeness (QED) is 0.909. The molecule has 0 saturated carbocycles. The number of nitrogens with zero attached hydrogens (tertiary/aromatic N) is 1. The first-order valence-electron chi connectivity index (χ1n) is 6.62. The minimum Gasteiger partial charge on any atom is -0.483 e. The molecule has 0 aliphatic rings. The lowest BCUT2D eigenvalue weighted by Gasteiger charge is -2.23. The molecule has 3 nitrogen and oxygen atoms in total. The van der Waals surface area contributed by atoms with Crippen LogP contribution in [0.1, 0.15) is 34.8 Å². The Morgan fingerprint density at radius 3 is 2.45 bits per heavy atom. The van der Waals surface area contributed by atoms with Gasteiger partial charge in [0.15, 0.2) is 0 Å². The van der Waals surface area contributed by atoms with E-state index >= 15 is 0 Å². The van der Waals surface area contributed by atoms with E-state index in [0.29, 0.717) is 5.56 Å². The van der Waals surface area contributed by atoms with Crippen LogP contribution in [0.4, 0.5) is 0 Å². The minimum absolute atomic E-state index is 0.0521. The van der Waals surface area contributed by atoms with Gasteiger partial charge in [-0.15, -0.1) is 11.3 Å². The maximum absolute atomic E-state index is 8.81. The molecule has 0 aliphatic heterocycles. The van der Waals surface area contributed by atoms with Crippen LogP contribution in [-0.2, 0) is 0 Å². The molecule has 1 heterocycles. The van der Waals surface area contributed by atoms with E-state index in [9.17, 15) is 0 Å². The van der Waals surface area contributed by atoms with Crippen LogP contribution in [0.2, 0.25) is 0 Å². The van der Waals surface area contributed by atoms with Gasteiger partial charge in [-0.1, -0.05) is 6.92 Å².